The van der Waals surface area contributed by atoms with Gasteiger partial charge >= 0.3 is 6.18 Å². The van der Waals surface area contributed by atoms with Gasteiger partial charge in [-0.05, 0) is 18.1 Å². The van der Waals surface area contributed by atoms with Crippen molar-refractivity contribution in [2.24, 2.45) is 0 Å². The molecule has 24 heavy (non-hydrogen) atoms. The molecule has 1 N–H and O–H groups in total. The number of nitrogens with zero attached hydrogens (tertiary/aromatic N) is 1. The summed E-state index contributed by atoms with van der Waals surface area (Å²) in [5.74, 6) is 0. The zero-order valence-electron chi connectivity index (χ0n) is 13.8. The van der Waals surface area contributed by atoms with Gasteiger partial charge in [-0.3, -0.25) is 4.90 Å². The summed E-state index contributed by atoms with van der Waals surface area (Å²) in [6.07, 6.45) is -0.402. The number of hydrogen-bond acceptors (Lipinski definition) is 2. The van der Waals surface area contributed by atoms with Crippen molar-refractivity contribution < 1.29 is 13.2 Å². The van der Waals surface area contributed by atoms with Crippen molar-refractivity contribution in [1.29, 1.82) is 0 Å². The molecule has 0 aromatic heterocycles. The molecule has 0 unspecified atom stereocenters. The highest BCUT2D eigenvalue weighted by atomic mass is 35.5. The lowest BCUT2D eigenvalue weighted by atomic mass is 9.96. The van der Waals surface area contributed by atoms with E-state index in [0.29, 0.717) is 5.56 Å². The van der Waals surface area contributed by atoms with Gasteiger partial charge in [0, 0.05) is 32.2 Å². The lowest BCUT2D eigenvalue weighted by molar-refractivity contribution is -0.137. The van der Waals surface area contributed by atoms with Gasteiger partial charge in [-0.1, -0.05) is 49.9 Å². The summed E-state index contributed by atoms with van der Waals surface area (Å²) in [4.78, 5) is 2.26. The van der Waals surface area contributed by atoms with Gasteiger partial charge in [-0.25, -0.2) is 0 Å². The average Bonchev–Trinajstić information content (AvgIpc) is 2.52. The summed E-state index contributed by atoms with van der Waals surface area (Å²) in [6, 6.07) is 4.24. The number of rotatable bonds is 6. The van der Waals surface area contributed by atoms with Crippen LogP contribution in [0.2, 0.25) is 5.02 Å². The van der Waals surface area contributed by atoms with Crippen LogP contribution in [-0.2, 0) is 6.18 Å². The molecule has 138 valence electrons. The Morgan fingerprint density at radius 3 is 2.46 bits per heavy atom. The quantitative estimate of drug-likeness (QED) is 0.668. The standard InChI is InChI=1S/C17H24ClF3N2.ClH/c1-2-3-4-8-15(23-11-9-22-10-12-23)13-6-5-7-14(16(13)18)17(19,20)21;/h5-7,15,22H,2-4,8-12H2,1H3;1H/t15-;/m0./s1. The fourth-order valence-electron chi connectivity index (χ4n) is 3.14. The summed E-state index contributed by atoms with van der Waals surface area (Å²) < 4.78 is 39.4. The van der Waals surface area contributed by atoms with Gasteiger partial charge in [-0.2, -0.15) is 13.2 Å². The number of piperazine rings is 1. The van der Waals surface area contributed by atoms with E-state index in [-0.39, 0.29) is 23.5 Å². The molecular weight excluding hydrogens is 360 g/mol. The fourth-order valence-corrected chi connectivity index (χ4v) is 3.50. The molecule has 1 aromatic rings. The van der Waals surface area contributed by atoms with E-state index < -0.39 is 11.7 Å². The maximum Gasteiger partial charge on any atom is 0.417 e. The lowest BCUT2D eigenvalue weighted by Crippen LogP contribution is -2.45. The molecule has 0 spiro atoms. The van der Waals surface area contributed by atoms with Crippen molar-refractivity contribution in [3.63, 3.8) is 0 Å². The predicted octanol–water partition coefficient (Wildman–Crippen LogP) is 5.31. The van der Waals surface area contributed by atoms with Crippen molar-refractivity contribution >= 4 is 24.0 Å². The Bertz CT molecular complexity index is 503. The average molecular weight is 385 g/mol. The first-order valence-corrected chi connectivity index (χ1v) is 8.63. The highest BCUT2D eigenvalue weighted by Crippen LogP contribution is 2.40. The maximum absolute atomic E-state index is 13.1. The number of alkyl halides is 3. The molecule has 1 aliphatic heterocycles. The highest BCUT2D eigenvalue weighted by Gasteiger charge is 2.35. The number of benzene rings is 1. The monoisotopic (exact) mass is 384 g/mol. The van der Waals surface area contributed by atoms with Crippen LogP contribution in [0.5, 0.6) is 0 Å². The van der Waals surface area contributed by atoms with Crippen LogP contribution in [-0.4, -0.2) is 31.1 Å². The molecule has 1 heterocycles. The minimum Gasteiger partial charge on any atom is -0.314 e. The van der Waals surface area contributed by atoms with E-state index in [4.69, 9.17) is 11.6 Å². The molecule has 0 aliphatic carbocycles. The molecule has 1 aliphatic rings. The van der Waals surface area contributed by atoms with E-state index in [1.54, 1.807) is 6.07 Å². The van der Waals surface area contributed by atoms with Crippen LogP contribution in [0.1, 0.15) is 49.8 Å². The molecule has 0 radical (unpaired) electrons. The first kappa shape index (κ1) is 21.6. The van der Waals surface area contributed by atoms with E-state index in [1.807, 2.05) is 0 Å². The third-order valence-electron chi connectivity index (χ3n) is 4.37. The molecule has 0 amide bonds. The first-order chi connectivity index (χ1) is 10.9. The lowest BCUT2D eigenvalue weighted by Gasteiger charge is -2.36. The van der Waals surface area contributed by atoms with Gasteiger partial charge in [0.1, 0.15) is 0 Å². The van der Waals surface area contributed by atoms with Crippen LogP contribution in [0.15, 0.2) is 18.2 Å². The second kappa shape index (κ2) is 9.85. The van der Waals surface area contributed by atoms with Crippen molar-refractivity contribution in [1.82, 2.24) is 10.2 Å². The van der Waals surface area contributed by atoms with E-state index >= 15 is 0 Å². The van der Waals surface area contributed by atoms with Crippen LogP contribution in [0, 0.1) is 0 Å². The SMILES string of the molecule is CCCCC[C@@H](c1cccc(C(F)(F)F)c1Cl)N1CCNCC1.Cl. The zero-order valence-corrected chi connectivity index (χ0v) is 15.4. The number of hydrogen-bond donors (Lipinski definition) is 1. The zero-order chi connectivity index (χ0) is 16.9. The van der Waals surface area contributed by atoms with Gasteiger partial charge in [0.25, 0.3) is 0 Å². The van der Waals surface area contributed by atoms with Gasteiger partial charge < -0.3 is 5.32 Å². The molecular formula is C17H25Cl2F3N2. The first-order valence-electron chi connectivity index (χ1n) is 8.25. The summed E-state index contributed by atoms with van der Waals surface area (Å²) in [6.45, 7) is 5.52. The van der Waals surface area contributed by atoms with Crippen molar-refractivity contribution in [3.8, 4) is 0 Å². The Labute approximate surface area is 153 Å². The summed E-state index contributed by atoms with van der Waals surface area (Å²) in [5.41, 5.74) is -0.119. The highest BCUT2D eigenvalue weighted by molar-refractivity contribution is 6.32. The van der Waals surface area contributed by atoms with E-state index in [0.717, 1.165) is 57.9 Å². The summed E-state index contributed by atoms with van der Waals surface area (Å²) in [5, 5.41) is 3.15. The topological polar surface area (TPSA) is 15.3 Å². The molecule has 7 heteroatoms. The Hall–Kier alpha value is -0.490. The molecule has 2 rings (SSSR count). The molecule has 1 saturated heterocycles. The Balaban J connectivity index is 0.00000288. The largest absolute Gasteiger partial charge is 0.417 e. The van der Waals surface area contributed by atoms with Gasteiger partial charge in [0.15, 0.2) is 0 Å². The Morgan fingerprint density at radius 1 is 1.21 bits per heavy atom. The van der Waals surface area contributed by atoms with Gasteiger partial charge in [0.2, 0.25) is 0 Å². The molecule has 1 aromatic carbocycles. The van der Waals surface area contributed by atoms with Crippen molar-refractivity contribution in [2.75, 3.05) is 26.2 Å². The molecule has 0 saturated carbocycles. The molecule has 2 nitrogen and oxygen atoms in total. The van der Waals surface area contributed by atoms with E-state index in [9.17, 15) is 13.2 Å². The minimum atomic E-state index is -4.41. The van der Waals surface area contributed by atoms with Gasteiger partial charge in [0.05, 0.1) is 10.6 Å². The second-order valence-corrected chi connectivity index (χ2v) is 6.38. The second-order valence-electron chi connectivity index (χ2n) is 6.00. The van der Waals surface area contributed by atoms with E-state index in [1.165, 1.54) is 6.07 Å². The van der Waals surface area contributed by atoms with Gasteiger partial charge in [-0.15, -0.1) is 12.4 Å². The van der Waals surface area contributed by atoms with Crippen LogP contribution in [0.3, 0.4) is 0 Å². The Kier molecular flexibility index (Phi) is 8.85. The van der Waals surface area contributed by atoms with Crippen LogP contribution >= 0.6 is 24.0 Å². The molecule has 1 atom stereocenters. The predicted molar refractivity (Wildman–Crippen MR) is 95.0 cm³/mol. The third kappa shape index (κ3) is 5.51. The molecule has 0 bridgehead atoms. The fraction of sp³-hybridized carbons (Fsp3) is 0.647. The van der Waals surface area contributed by atoms with Crippen LogP contribution < -0.4 is 5.32 Å². The summed E-state index contributed by atoms with van der Waals surface area (Å²) in [7, 11) is 0. The van der Waals surface area contributed by atoms with E-state index in [2.05, 4.69) is 17.1 Å². The smallest absolute Gasteiger partial charge is 0.314 e. The number of unbranched alkanes of at least 4 members (excludes halogenated alkanes) is 2. The minimum absolute atomic E-state index is 0. The normalized spacial score (nSPS) is 17.4. The van der Waals surface area contributed by atoms with Crippen molar-refractivity contribution in [2.45, 2.75) is 44.8 Å². The van der Waals surface area contributed by atoms with Crippen molar-refractivity contribution in [3.05, 3.63) is 34.3 Å². The number of halogens is 5. The van der Waals surface area contributed by atoms with Crippen LogP contribution in [0.4, 0.5) is 13.2 Å². The third-order valence-corrected chi connectivity index (χ3v) is 4.79. The summed E-state index contributed by atoms with van der Waals surface area (Å²) >= 11 is 6.16. The Morgan fingerprint density at radius 2 is 1.88 bits per heavy atom. The van der Waals surface area contributed by atoms with Crippen LogP contribution in [0.25, 0.3) is 0 Å². The maximum atomic E-state index is 13.1. The molecule has 1 fully saturated rings. The number of nitrogens with one attached hydrogen (secondary N) is 1.